The van der Waals surface area contributed by atoms with Gasteiger partial charge in [0.25, 0.3) is 0 Å². The maximum absolute atomic E-state index is 3.86. The van der Waals surface area contributed by atoms with Gasteiger partial charge in [-0.1, -0.05) is 59.3 Å². The Morgan fingerprint density at radius 2 is 1.67 bits per heavy atom. The molecule has 1 fully saturated rings. The highest BCUT2D eigenvalue weighted by Crippen LogP contribution is 2.29. The Morgan fingerprint density at radius 1 is 1.00 bits per heavy atom. The fourth-order valence-corrected chi connectivity index (χ4v) is 3.53. The lowest BCUT2D eigenvalue weighted by Crippen LogP contribution is -2.38. The molecule has 18 heavy (non-hydrogen) atoms. The molecule has 1 heteroatoms. The van der Waals surface area contributed by atoms with E-state index in [2.05, 4.69) is 26.1 Å². The van der Waals surface area contributed by atoms with Crippen LogP contribution in [0.5, 0.6) is 0 Å². The molecule has 1 aliphatic rings. The van der Waals surface area contributed by atoms with Gasteiger partial charge in [-0.05, 0) is 44.1 Å². The molecule has 2 unspecified atom stereocenters. The first-order chi connectivity index (χ1) is 8.77. The van der Waals surface area contributed by atoms with Gasteiger partial charge in [-0.3, -0.25) is 0 Å². The molecule has 2 atom stereocenters. The average Bonchev–Trinajstić information content (AvgIpc) is 2.63. The van der Waals surface area contributed by atoms with Gasteiger partial charge in [-0.25, -0.2) is 0 Å². The second-order valence-corrected chi connectivity index (χ2v) is 6.44. The van der Waals surface area contributed by atoms with Crippen molar-refractivity contribution < 1.29 is 0 Å². The first-order valence-corrected chi connectivity index (χ1v) is 8.51. The summed E-state index contributed by atoms with van der Waals surface area (Å²) in [6.45, 7) is 8.25. The number of hydrogen-bond acceptors (Lipinski definition) is 1. The van der Waals surface area contributed by atoms with Crippen LogP contribution in [-0.4, -0.2) is 12.6 Å². The maximum Gasteiger partial charge on any atom is 0.00978 e. The topological polar surface area (TPSA) is 12.0 Å². The van der Waals surface area contributed by atoms with E-state index in [1.54, 1.807) is 0 Å². The third kappa shape index (κ3) is 6.22. The minimum atomic E-state index is 0.796. The van der Waals surface area contributed by atoms with E-state index >= 15 is 0 Å². The third-order valence-corrected chi connectivity index (χ3v) is 4.56. The highest BCUT2D eigenvalue weighted by Gasteiger charge is 2.23. The van der Waals surface area contributed by atoms with Crippen LogP contribution < -0.4 is 5.32 Å². The predicted octanol–water partition coefficient (Wildman–Crippen LogP) is 5.15. The summed E-state index contributed by atoms with van der Waals surface area (Å²) < 4.78 is 0. The normalized spacial score (nSPS) is 21.5. The molecule has 0 heterocycles. The van der Waals surface area contributed by atoms with E-state index in [4.69, 9.17) is 0 Å². The quantitative estimate of drug-likeness (QED) is 0.590. The second-order valence-electron chi connectivity index (χ2n) is 6.44. The zero-order chi connectivity index (χ0) is 13.2. The van der Waals surface area contributed by atoms with Gasteiger partial charge in [0, 0.05) is 6.04 Å². The number of nitrogens with one attached hydrogen (secondary N) is 1. The standard InChI is InChI=1S/C17H35N/c1-4-10-15(3)14-17(18-13-5-2)16-11-8-6-7-9-12-16/h15-18H,4-14H2,1-3H3. The molecule has 0 amide bonds. The Labute approximate surface area is 115 Å². The van der Waals surface area contributed by atoms with Crippen LogP contribution in [0.15, 0.2) is 0 Å². The van der Waals surface area contributed by atoms with E-state index in [0.717, 1.165) is 17.9 Å². The van der Waals surface area contributed by atoms with Gasteiger partial charge in [-0.15, -0.1) is 0 Å². The summed E-state index contributed by atoms with van der Waals surface area (Å²) in [6, 6.07) is 0.796. The number of hydrogen-bond donors (Lipinski definition) is 1. The van der Waals surface area contributed by atoms with Gasteiger partial charge >= 0.3 is 0 Å². The van der Waals surface area contributed by atoms with E-state index in [1.807, 2.05) is 0 Å². The monoisotopic (exact) mass is 253 g/mol. The van der Waals surface area contributed by atoms with Crippen molar-refractivity contribution in [2.45, 2.75) is 91.0 Å². The predicted molar refractivity (Wildman–Crippen MR) is 82.0 cm³/mol. The molecule has 1 N–H and O–H groups in total. The van der Waals surface area contributed by atoms with Crippen LogP contribution in [0.4, 0.5) is 0 Å². The lowest BCUT2D eigenvalue weighted by atomic mass is 9.85. The molecule has 0 radical (unpaired) electrons. The molecular formula is C17H35N. The van der Waals surface area contributed by atoms with Crippen molar-refractivity contribution in [2.24, 2.45) is 11.8 Å². The van der Waals surface area contributed by atoms with Crippen LogP contribution >= 0.6 is 0 Å². The van der Waals surface area contributed by atoms with Crippen molar-refractivity contribution >= 4 is 0 Å². The number of rotatable bonds is 8. The summed E-state index contributed by atoms with van der Waals surface area (Å²) in [5, 5.41) is 3.86. The van der Waals surface area contributed by atoms with Gasteiger partial charge < -0.3 is 5.32 Å². The van der Waals surface area contributed by atoms with E-state index < -0.39 is 0 Å². The molecule has 1 rings (SSSR count). The van der Waals surface area contributed by atoms with Gasteiger partial charge in [-0.2, -0.15) is 0 Å². The summed E-state index contributed by atoms with van der Waals surface area (Å²) in [6.07, 6.45) is 14.2. The van der Waals surface area contributed by atoms with Crippen molar-refractivity contribution in [1.29, 1.82) is 0 Å². The second kappa shape index (κ2) is 9.83. The van der Waals surface area contributed by atoms with Gasteiger partial charge in [0.1, 0.15) is 0 Å². The summed E-state index contributed by atoms with van der Waals surface area (Å²) >= 11 is 0. The summed E-state index contributed by atoms with van der Waals surface area (Å²) in [5.41, 5.74) is 0. The summed E-state index contributed by atoms with van der Waals surface area (Å²) in [5.74, 6) is 1.85. The average molecular weight is 253 g/mol. The van der Waals surface area contributed by atoms with E-state index in [9.17, 15) is 0 Å². The van der Waals surface area contributed by atoms with Gasteiger partial charge in [0.2, 0.25) is 0 Å². The van der Waals surface area contributed by atoms with Crippen molar-refractivity contribution in [3.8, 4) is 0 Å². The zero-order valence-electron chi connectivity index (χ0n) is 13.0. The van der Waals surface area contributed by atoms with Crippen molar-refractivity contribution in [1.82, 2.24) is 5.32 Å². The Balaban J connectivity index is 2.46. The molecule has 0 bridgehead atoms. The van der Waals surface area contributed by atoms with E-state index in [1.165, 1.54) is 70.8 Å². The Hall–Kier alpha value is -0.0400. The van der Waals surface area contributed by atoms with Crippen LogP contribution in [-0.2, 0) is 0 Å². The van der Waals surface area contributed by atoms with Crippen LogP contribution in [0, 0.1) is 11.8 Å². The molecule has 108 valence electrons. The first-order valence-electron chi connectivity index (χ1n) is 8.51. The Morgan fingerprint density at radius 3 is 2.22 bits per heavy atom. The fourth-order valence-electron chi connectivity index (χ4n) is 3.53. The molecule has 0 spiro atoms. The van der Waals surface area contributed by atoms with E-state index in [-0.39, 0.29) is 0 Å². The molecule has 0 aromatic carbocycles. The van der Waals surface area contributed by atoms with Crippen molar-refractivity contribution in [3.63, 3.8) is 0 Å². The molecule has 0 aliphatic heterocycles. The largest absolute Gasteiger partial charge is 0.314 e. The minimum absolute atomic E-state index is 0.796. The Kier molecular flexibility index (Phi) is 8.75. The van der Waals surface area contributed by atoms with Crippen LogP contribution in [0.25, 0.3) is 0 Å². The summed E-state index contributed by atoms with van der Waals surface area (Å²) in [4.78, 5) is 0. The van der Waals surface area contributed by atoms with Crippen molar-refractivity contribution in [3.05, 3.63) is 0 Å². The van der Waals surface area contributed by atoms with Crippen LogP contribution in [0.1, 0.15) is 85.0 Å². The molecule has 1 aliphatic carbocycles. The fraction of sp³-hybridized carbons (Fsp3) is 1.00. The van der Waals surface area contributed by atoms with Gasteiger partial charge in [0.05, 0.1) is 0 Å². The molecule has 0 saturated heterocycles. The van der Waals surface area contributed by atoms with Crippen molar-refractivity contribution in [2.75, 3.05) is 6.54 Å². The third-order valence-electron chi connectivity index (χ3n) is 4.56. The highest BCUT2D eigenvalue weighted by atomic mass is 14.9. The zero-order valence-corrected chi connectivity index (χ0v) is 13.0. The van der Waals surface area contributed by atoms with Crippen LogP contribution in [0.2, 0.25) is 0 Å². The SMILES string of the molecule is CCCNC(CC(C)CCC)C1CCCCCC1. The highest BCUT2D eigenvalue weighted by molar-refractivity contribution is 4.80. The molecule has 1 saturated carbocycles. The lowest BCUT2D eigenvalue weighted by molar-refractivity contribution is 0.268. The molecule has 1 nitrogen and oxygen atoms in total. The van der Waals surface area contributed by atoms with Crippen LogP contribution in [0.3, 0.4) is 0 Å². The minimum Gasteiger partial charge on any atom is -0.314 e. The smallest absolute Gasteiger partial charge is 0.00978 e. The molecular weight excluding hydrogens is 218 g/mol. The summed E-state index contributed by atoms with van der Waals surface area (Å²) in [7, 11) is 0. The first kappa shape index (κ1) is 16.0. The maximum atomic E-state index is 3.86. The Bertz CT molecular complexity index is 182. The lowest BCUT2D eigenvalue weighted by Gasteiger charge is -2.29. The van der Waals surface area contributed by atoms with E-state index in [0.29, 0.717) is 0 Å². The molecule has 0 aromatic heterocycles. The molecule has 0 aromatic rings. The van der Waals surface area contributed by atoms with Gasteiger partial charge in [0.15, 0.2) is 0 Å².